The van der Waals surface area contributed by atoms with Gasteiger partial charge in [-0.05, 0) is 44.7 Å². The molecule has 0 atom stereocenters. The summed E-state index contributed by atoms with van der Waals surface area (Å²) < 4.78 is 0. The van der Waals surface area contributed by atoms with E-state index in [0.717, 1.165) is 41.2 Å². The Morgan fingerprint density at radius 2 is 1.89 bits per heavy atom. The van der Waals surface area contributed by atoms with E-state index >= 15 is 0 Å². The van der Waals surface area contributed by atoms with Crippen molar-refractivity contribution >= 4 is 23.2 Å². The molecule has 2 amide bonds. The monoisotopic (exact) mass is 365 g/mol. The molecule has 2 aromatic rings. The molecule has 140 valence electrons. The second kappa shape index (κ2) is 5.84. The summed E-state index contributed by atoms with van der Waals surface area (Å²) in [6.07, 6.45) is 3.40. The van der Waals surface area contributed by atoms with E-state index in [1.54, 1.807) is 0 Å². The van der Waals surface area contributed by atoms with Crippen LogP contribution in [0.15, 0.2) is 24.3 Å². The Hall–Kier alpha value is -2.83. The number of aromatic nitrogens is 2. The number of hydrogen-bond acceptors (Lipinski definition) is 4. The van der Waals surface area contributed by atoms with Crippen LogP contribution in [0, 0.1) is 6.92 Å². The standard InChI is InChI=1S/C20H23N5O2/c1-12-16(17(24-23-12)13-6-7-13)18(26)25-10-8-20(9-11-25)19(27)21-14-4-2-3-5-15(14)22-20/h2-5,13,22H,6-11H2,1H3,(H,21,27)(H,23,24). The van der Waals surface area contributed by atoms with Crippen molar-refractivity contribution in [1.29, 1.82) is 0 Å². The molecule has 7 nitrogen and oxygen atoms in total. The van der Waals surface area contributed by atoms with Crippen molar-refractivity contribution in [2.75, 3.05) is 23.7 Å². The van der Waals surface area contributed by atoms with E-state index in [1.807, 2.05) is 36.1 Å². The van der Waals surface area contributed by atoms with Gasteiger partial charge in [0.2, 0.25) is 5.91 Å². The van der Waals surface area contributed by atoms with Crippen molar-refractivity contribution in [1.82, 2.24) is 15.1 Å². The van der Waals surface area contributed by atoms with E-state index in [4.69, 9.17) is 0 Å². The molecule has 3 N–H and O–H groups in total. The van der Waals surface area contributed by atoms with Gasteiger partial charge in [-0.3, -0.25) is 14.7 Å². The molecule has 2 aliphatic heterocycles. The summed E-state index contributed by atoms with van der Waals surface area (Å²) in [5.41, 5.74) is 3.61. The summed E-state index contributed by atoms with van der Waals surface area (Å²) in [5.74, 6) is 0.452. The fourth-order valence-corrected chi connectivity index (χ4v) is 4.23. The fraction of sp³-hybridized carbons (Fsp3) is 0.450. The summed E-state index contributed by atoms with van der Waals surface area (Å²) in [4.78, 5) is 27.7. The van der Waals surface area contributed by atoms with Crippen LogP contribution in [-0.2, 0) is 4.79 Å². The van der Waals surface area contributed by atoms with E-state index in [1.165, 1.54) is 0 Å². The van der Waals surface area contributed by atoms with Gasteiger partial charge in [0.1, 0.15) is 5.54 Å². The SMILES string of the molecule is Cc1[nH]nc(C2CC2)c1C(=O)N1CCC2(CC1)Nc1ccccc1NC2=O. The van der Waals surface area contributed by atoms with Crippen LogP contribution < -0.4 is 10.6 Å². The van der Waals surface area contributed by atoms with Gasteiger partial charge in [0.25, 0.3) is 5.91 Å². The highest BCUT2D eigenvalue weighted by Crippen LogP contribution is 2.42. The Bertz CT molecular complexity index is 922. The third-order valence-electron chi connectivity index (χ3n) is 6.04. The maximum absolute atomic E-state index is 13.1. The Balaban J connectivity index is 1.34. The van der Waals surface area contributed by atoms with Gasteiger partial charge in [-0.25, -0.2) is 0 Å². The first-order valence-electron chi connectivity index (χ1n) is 9.60. The van der Waals surface area contributed by atoms with Gasteiger partial charge in [0.05, 0.1) is 22.6 Å². The summed E-state index contributed by atoms with van der Waals surface area (Å²) in [6.45, 7) is 3.01. The molecule has 0 unspecified atom stereocenters. The van der Waals surface area contributed by atoms with Gasteiger partial charge in [-0.1, -0.05) is 12.1 Å². The molecule has 5 rings (SSSR count). The zero-order chi connectivity index (χ0) is 18.6. The van der Waals surface area contributed by atoms with Crippen LogP contribution in [0.5, 0.6) is 0 Å². The van der Waals surface area contributed by atoms with Gasteiger partial charge >= 0.3 is 0 Å². The number of carbonyl (C=O) groups excluding carboxylic acids is 2. The first-order chi connectivity index (χ1) is 13.1. The molecule has 0 radical (unpaired) electrons. The average Bonchev–Trinajstić information content (AvgIpc) is 3.45. The van der Waals surface area contributed by atoms with Crippen LogP contribution in [0.2, 0.25) is 0 Å². The van der Waals surface area contributed by atoms with Crippen LogP contribution in [0.1, 0.15) is 53.3 Å². The molecule has 1 aromatic heterocycles. The van der Waals surface area contributed by atoms with Crippen LogP contribution in [-0.4, -0.2) is 45.5 Å². The van der Waals surface area contributed by atoms with E-state index in [9.17, 15) is 9.59 Å². The Morgan fingerprint density at radius 3 is 2.59 bits per heavy atom. The molecule has 7 heteroatoms. The largest absolute Gasteiger partial charge is 0.369 e. The number of carbonyl (C=O) groups is 2. The predicted octanol–water partition coefficient (Wildman–Crippen LogP) is 2.63. The second-order valence-electron chi connectivity index (χ2n) is 7.88. The van der Waals surface area contributed by atoms with Crippen molar-refractivity contribution in [3.8, 4) is 0 Å². The topological polar surface area (TPSA) is 90.1 Å². The molecule has 3 aliphatic rings. The van der Waals surface area contributed by atoms with E-state index in [0.29, 0.717) is 31.8 Å². The Labute approximate surface area is 157 Å². The first-order valence-corrected chi connectivity index (χ1v) is 9.60. The summed E-state index contributed by atoms with van der Waals surface area (Å²) in [5, 5.41) is 13.8. The molecule has 1 aromatic carbocycles. The van der Waals surface area contributed by atoms with Crippen LogP contribution in [0.3, 0.4) is 0 Å². The van der Waals surface area contributed by atoms with Crippen LogP contribution >= 0.6 is 0 Å². The first kappa shape index (κ1) is 16.4. The van der Waals surface area contributed by atoms with Crippen molar-refractivity contribution < 1.29 is 9.59 Å². The zero-order valence-corrected chi connectivity index (χ0v) is 15.3. The number of para-hydroxylation sites is 2. The van der Waals surface area contributed by atoms with Gasteiger partial charge in [0, 0.05) is 24.7 Å². The number of aryl methyl sites for hydroxylation is 1. The molecule has 3 heterocycles. The lowest BCUT2D eigenvalue weighted by Crippen LogP contribution is -2.59. The Morgan fingerprint density at radius 1 is 1.19 bits per heavy atom. The quantitative estimate of drug-likeness (QED) is 0.763. The van der Waals surface area contributed by atoms with Crippen molar-refractivity contribution in [2.45, 2.75) is 44.1 Å². The van der Waals surface area contributed by atoms with E-state index < -0.39 is 5.54 Å². The van der Waals surface area contributed by atoms with E-state index in [-0.39, 0.29) is 11.8 Å². The number of amides is 2. The zero-order valence-electron chi connectivity index (χ0n) is 15.3. The molecule has 27 heavy (non-hydrogen) atoms. The number of nitrogens with zero attached hydrogens (tertiary/aromatic N) is 2. The second-order valence-corrected chi connectivity index (χ2v) is 7.88. The number of aromatic amines is 1. The van der Waals surface area contributed by atoms with Crippen LogP contribution in [0.25, 0.3) is 0 Å². The van der Waals surface area contributed by atoms with Crippen LogP contribution in [0.4, 0.5) is 11.4 Å². The Kier molecular flexibility index (Phi) is 3.54. The highest BCUT2D eigenvalue weighted by molar-refractivity contribution is 6.06. The fourth-order valence-electron chi connectivity index (χ4n) is 4.23. The lowest BCUT2D eigenvalue weighted by atomic mass is 9.84. The molecule has 1 saturated carbocycles. The normalized spacial score (nSPS) is 20.8. The molecular formula is C20H23N5O2. The minimum absolute atomic E-state index is 0.00791. The summed E-state index contributed by atoms with van der Waals surface area (Å²) in [7, 11) is 0. The number of nitrogens with one attached hydrogen (secondary N) is 3. The minimum atomic E-state index is -0.643. The molecular weight excluding hydrogens is 342 g/mol. The number of fused-ring (bicyclic) bond motifs is 1. The third-order valence-corrected chi connectivity index (χ3v) is 6.04. The number of likely N-dealkylation sites (tertiary alicyclic amines) is 1. The molecule has 1 saturated heterocycles. The maximum atomic E-state index is 13.1. The minimum Gasteiger partial charge on any atom is -0.369 e. The number of piperidine rings is 1. The van der Waals surface area contributed by atoms with Gasteiger partial charge in [0.15, 0.2) is 0 Å². The summed E-state index contributed by atoms with van der Waals surface area (Å²) >= 11 is 0. The molecule has 1 spiro atoms. The third kappa shape index (κ3) is 2.60. The highest BCUT2D eigenvalue weighted by atomic mass is 16.2. The number of anilines is 2. The molecule has 2 fully saturated rings. The maximum Gasteiger partial charge on any atom is 0.257 e. The van der Waals surface area contributed by atoms with Crippen molar-refractivity contribution in [3.05, 3.63) is 41.2 Å². The molecule has 0 bridgehead atoms. The number of benzene rings is 1. The lowest BCUT2D eigenvalue weighted by molar-refractivity contribution is -0.122. The predicted molar refractivity (Wildman–Crippen MR) is 102 cm³/mol. The number of H-pyrrole nitrogens is 1. The summed E-state index contributed by atoms with van der Waals surface area (Å²) in [6, 6.07) is 7.74. The smallest absolute Gasteiger partial charge is 0.257 e. The van der Waals surface area contributed by atoms with E-state index in [2.05, 4.69) is 20.8 Å². The lowest BCUT2D eigenvalue weighted by Gasteiger charge is -2.44. The molecule has 1 aliphatic carbocycles. The van der Waals surface area contributed by atoms with Crippen molar-refractivity contribution in [2.24, 2.45) is 0 Å². The van der Waals surface area contributed by atoms with Crippen molar-refractivity contribution in [3.63, 3.8) is 0 Å². The van der Waals surface area contributed by atoms with Gasteiger partial charge < -0.3 is 15.5 Å². The van der Waals surface area contributed by atoms with Gasteiger partial charge in [-0.2, -0.15) is 5.10 Å². The number of rotatable bonds is 2. The highest BCUT2D eigenvalue weighted by Gasteiger charge is 2.45. The average molecular weight is 365 g/mol. The number of hydrogen-bond donors (Lipinski definition) is 3. The van der Waals surface area contributed by atoms with Gasteiger partial charge in [-0.15, -0.1) is 0 Å².